The molecule has 0 radical (unpaired) electrons. The van der Waals surface area contributed by atoms with Crippen LogP contribution in [0, 0.1) is 20.8 Å². The van der Waals surface area contributed by atoms with E-state index >= 15 is 0 Å². The predicted molar refractivity (Wildman–Crippen MR) is 80.7 cm³/mol. The summed E-state index contributed by atoms with van der Waals surface area (Å²) < 4.78 is 5.70. The predicted octanol–water partition coefficient (Wildman–Crippen LogP) is 3.80. The fourth-order valence-corrected chi connectivity index (χ4v) is 2.81. The van der Waals surface area contributed by atoms with Crippen LogP contribution in [0.1, 0.15) is 34.3 Å². The van der Waals surface area contributed by atoms with Gasteiger partial charge in [0.1, 0.15) is 11.5 Å². The molecular formula is C17H18N2O. The first kappa shape index (κ1) is 12.9. The molecule has 3 aromatic rings. The summed E-state index contributed by atoms with van der Waals surface area (Å²) in [7, 11) is 0. The van der Waals surface area contributed by atoms with Crippen molar-refractivity contribution >= 4 is 10.8 Å². The lowest BCUT2D eigenvalue weighted by molar-refractivity contribution is 0.498. The van der Waals surface area contributed by atoms with Crippen molar-refractivity contribution < 1.29 is 4.42 Å². The Balaban J connectivity index is 2.20. The zero-order chi connectivity index (χ0) is 14.3. The summed E-state index contributed by atoms with van der Waals surface area (Å²) in [6, 6.07) is 7.96. The van der Waals surface area contributed by atoms with Gasteiger partial charge >= 0.3 is 0 Å². The molecule has 0 saturated heterocycles. The number of aryl methyl sites for hydroxylation is 2. The third kappa shape index (κ3) is 1.91. The molecule has 2 heterocycles. The summed E-state index contributed by atoms with van der Waals surface area (Å²) >= 11 is 0. The lowest BCUT2D eigenvalue weighted by Gasteiger charge is -2.15. The molecule has 2 aromatic heterocycles. The number of hydrogen-bond donors (Lipinski definition) is 1. The van der Waals surface area contributed by atoms with E-state index in [0.717, 1.165) is 39.0 Å². The summed E-state index contributed by atoms with van der Waals surface area (Å²) in [4.78, 5) is 4.31. The molecule has 0 fully saturated rings. The van der Waals surface area contributed by atoms with Crippen molar-refractivity contribution in [2.75, 3.05) is 0 Å². The number of benzene rings is 1. The molecule has 1 atom stereocenters. The number of nitrogens with two attached hydrogens (primary N) is 1. The van der Waals surface area contributed by atoms with E-state index in [-0.39, 0.29) is 6.04 Å². The highest BCUT2D eigenvalue weighted by Crippen LogP contribution is 2.32. The standard InChI is InChI=1S/C17H18N2O/c1-10-11(2)20-12(3)16(10)17(18)15-9-19-8-13-6-4-5-7-14(13)15/h4-9,17H,18H2,1-3H3. The Hall–Kier alpha value is -2.13. The Labute approximate surface area is 118 Å². The van der Waals surface area contributed by atoms with Crippen LogP contribution in [0.15, 0.2) is 41.1 Å². The van der Waals surface area contributed by atoms with Gasteiger partial charge in [0.15, 0.2) is 0 Å². The zero-order valence-corrected chi connectivity index (χ0v) is 12.0. The van der Waals surface area contributed by atoms with E-state index in [0.29, 0.717) is 0 Å². The fourth-order valence-electron chi connectivity index (χ4n) is 2.81. The van der Waals surface area contributed by atoms with E-state index in [1.165, 1.54) is 0 Å². The minimum atomic E-state index is -0.217. The molecule has 0 bridgehead atoms. The molecule has 1 unspecified atom stereocenters. The SMILES string of the molecule is Cc1oc(C)c(C(N)c2cncc3ccccc23)c1C. The van der Waals surface area contributed by atoms with Gasteiger partial charge in [-0.05, 0) is 37.3 Å². The third-order valence-electron chi connectivity index (χ3n) is 3.96. The van der Waals surface area contributed by atoms with E-state index in [4.69, 9.17) is 10.2 Å². The lowest BCUT2D eigenvalue weighted by atomic mass is 9.94. The summed E-state index contributed by atoms with van der Waals surface area (Å²) in [6.45, 7) is 5.99. The maximum atomic E-state index is 6.50. The van der Waals surface area contributed by atoms with Gasteiger partial charge in [-0.2, -0.15) is 0 Å². The van der Waals surface area contributed by atoms with E-state index in [1.54, 1.807) is 0 Å². The fraction of sp³-hybridized carbons (Fsp3) is 0.235. The Morgan fingerprint density at radius 3 is 2.50 bits per heavy atom. The molecule has 3 heteroatoms. The molecule has 1 aromatic carbocycles. The minimum Gasteiger partial charge on any atom is -0.466 e. The van der Waals surface area contributed by atoms with Crippen molar-refractivity contribution in [3.8, 4) is 0 Å². The second-order valence-corrected chi connectivity index (χ2v) is 5.18. The molecule has 0 aliphatic heterocycles. The largest absolute Gasteiger partial charge is 0.466 e. The van der Waals surface area contributed by atoms with Crippen molar-refractivity contribution in [3.05, 3.63) is 64.9 Å². The van der Waals surface area contributed by atoms with Crippen LogP contribution in [0.25, 0.3) is 10.8 Å². The number of nitrogens with zero attached hydrogens (tertiary/aromatic N) is 1. The van der Waals surface area contributed by atoms with E-state index < -0.39 is 0 Å². The van der Waals surface area contributed by atoms with Gasteiger partial charge < -0.3 is 10.2 Å². The van der Waals surface area contributed by atoms with Crippen LogP contribution in [0.3, 0.4) is 0 Å². The summed E-state index contributed by atoms with van der Waals surface area (Å²) in [6.07, 6.45) is 3.72. The van der Waals surface area contributed by atoms with Crippen molar-refractivity contribution in [2.45, 2.75) is 26.8 Å². The van der Waals surface area contributed by atoms with Crippen LogP contribution in [0.2, 0.25) is 0 Å². The quantitative estimate of drug-likeness (QED) is 0.767. The average Bonchev–Trinajstić information content (AvgIpc) is 2.71. The van der Waals surface area contributed by atoms with E-state index in [1.807, 2.05) is 38.4 Å². The molecule has 0 spiro atoms. The van der Waals surface area contributed by atoms with Gasteiger partial charge in [0.25, 0.3) is 0 Å². The number of aromatic nitrogens is 1. The molecule has 102 valence electrons. The van der Waals surface area contributed by atoms with Gasteiger partial charge in [-0.25, -0.2) is 0 Å². The number of rotatable bonds is 2. The van der Waals surface area contributed by atoms with Gasteiger partial charge in [-0.1, -0.05) is 24.3 Å². The molecule has 0 amide bonds. The minimum absolute atomic E-state index is 0.217. The first-order valence-corrected chi connectivity index (χ1v) is 6.74. The van der Waals surface area contributed by atoms with Gasteiger partial charge in [0.05, 0.1) is 6.04 Å². The van der Waals surface area contributed by atoms with Crippen LogP contribution in [-0.2, 0) is 0 Å². The summed E-state index contributed by atoms with van der Waals surface area (Å²) in [5.41, 5.74) is 9.73. The van der Waals surface area contributed by atoms with Gasteiger partial charge in [0.2, 0.25) is 0 Å². The van der Waals surface area contributed by atoms with Crippen LogP contribution in [0.4, 0.5) is 0 Å². The van der Waals surface area contributed by atoms with Gasteiger partial charge in [-0.3, -0.25) is 4.98 Å². The monoisotopic (exact) mass is 266 g/mol. The van der Waals surface area contributed by atoms with Gasteiger partial charge in [-0.15, -0.1) is 0 Å². The lowest BCUT2D eigenvalue weighted by Crippen LogP contribution is -2.14. The van der Waals surface area contributed by atoms with Gasteiger partial charge in [0, 0.05) is 23.3 Å². The van der Waals surface area contributed by atoms with Crippen LogP contribution in [-0.4, -0.2) is 4.98 Å². The maximum Gasteiger partial charge on any atom is 0.106 e. The van der Waals surface area contributed by atoms with Crippen molar-refractivity contribution in [1.29, 1.82) is 0 Å². The molecule has 3 nitrogen and oxygen atoms in total. The van der Waals surface area contributed by atoms with E-state index in [9.17, 15) is 0 Å². The normalized spacial score (nSPS) is 12.8. The zero-order valence-electron chi connectivity index (χ0n) is 12.0. The number of furan rings is 1. The summed E-state index contributed by atoms with van der Waals surface area (Å²) in [5.74, 6) is 1.82. The number of hydrogen-bond acceptors (Lipinski definition) is 3. The molecule has 2 N–H and O–H groups in total. The highest BCUT2D eigenvalue weighted by molar-refractivity contribution is 5.85. The van der Waals surface area contributed by atoms with Crippen molar-refractivity contribution in [2.24, 2.45) is 5.73 Å². The number of fused-ring (bicyclic) bond motifs is 1. The Kier molecular flexibility index (Phi) is 3.07. The smallest absolute Gasteiger partial charge is 0.106 e. The first-order chi connectivity index (χ1) is 9.59. The Morgan fingerprint density at radius 2 is 1.80 bits per heavy atom. The molecule has 20 heavy (non-hydrogen) atoms. The molecule has 0 aliphatic carbocycles. The molecule has 0 aliphatic rings. The second kappa shape index (κ2) is 4.76. The van der Waals surface area contributed by atoms with Crippen molar-refractivity contribution in [3.63, 3.8) is 0 Å². The third-order valence-corrected chi connectivity index (χ3v) is 3.96. The first-order valence-electron chi connectivity index (χ1n) is 6.74. The molecule has 3 rings (SSSR count). The summed E-state index contributed by atoms with van der Waals surface area (Å²) in [5, 5.41) is 2.25. The topological polar surface area (TPSA) is 52.0 Å². The second-order valence-electron chi connectivity index (χ2n) is 5.18. The van der Waals surface area contributed by atoms with Crippen LogP contribution >= 0.6 is 0 Å². The molecular weight excluding hydrogens is 248 g/mol. The highest BCUT2D eigenvalue weighted by Gasteiger charge is 2.21. The van der Waals surface area contributed by atoms with Crippen LogP contribution < -0.4 is 5.73 Å². The van der Waals surface area contributed by atoms with E-state index in [2.05, 4.69) is 24.0 Å². The molecule has 0 saturated carbocycles. The Morgan fingerprint density at radius 1 is 1.05 bits per heavy atom. The van der Waals surface area contributed by atoms with Crippen molar-refractivity contribution in [1.82, 2.24) is 4.98 Å². The Bertz CT molecular complexity index is 769. The maximum absolute atomic E-state index is 6.50. The average molecular weight is 266 g/mol. The highest BCUT2D eigenvalue weighted by atomic mass is 16.3. The van der Waals surface area contributed by atoms with Crippen LogP contribution in [0.5, 0.6) is 0 Å². The number of pyridine rings is 1.